The molecule has 0 unspecified atom stereocenters. The number of hydrogen-bond donors (Lipinski definition) is 0. The molecule has 0 fully saturated rings. The number of ether oxygens (including phenoxy) is 1. The number of benzene rings is 4. The maximum Gasteiger partial charge on any atom is 2.00 e. The zero-order chi connectivity index (χ0) is 29.9. The Kier molecular flexibility index (Phi) is 5.85. The van der Waals surface area contributed by atoms with Crippen molar-refractivity contribution in [3.8, 4) is 17.3 Å². The van der Waals surface area contributed by atoms with E-state index in [1.54, 1.807) is 10.6 Å². The summed E-state index contributed by atoms with van der Waals surface area (Å²) < 4.78 is 35.2. The molecule has 6 aromatic rings. The molecule has 1 aliphatic heterocycles. The van der Waals surface area contributed by atoms with Crippen LogP contribution in [0.3, 0.4) is 0 Å². The van der Waals surface area contributed by atoms with E-state index in [1.807, 2.05) is 66.9 Å². The van der Waals surface area contributed by atoms with Gasteiger partial charge in [-0.2, -0.15) is 12.1 Å². The van der Waals surface area contributed by atoms with E-state index in [9.17, 15) is 0 Å². The molecule has 202 valence electrons. The molecular weight excluding hydrogens is 599 g/mol. The molecule has 1 aliphatic rings. The third-order valence-electron chi connectivity index (χ3n) is 7.17. The standard InChI is InChI=1S/C35H28N4O.Pd/c1-35(2,3)24-18-19-36-34(20-24)39-30-13-6-5-12-28(30)29-17-16-27(22-33(29)39)40-26-11-9-10-25(21-26)38-23-37(4)31-14-7-8-15-32(31)38;/h5-20H,1-4H3;/q;+2/i4D3;. The Labute approximate surface area is 257 Å². The third kappa shape index (κ3) is 4.71. The average molecular weight is 630 g/mol. The monoisotopic (exact) mass is 629 g/mol. The number of para-hydroxylation sites is 3. The predicted octanol–water partition coefficient (Wildman–Crippen LogP) is 8.16. The molecule has 2 aromatic heterocycles. The van der Waals surface area contributed by atoms with Gasteiger partial charge in [0.05, 0.1) is 0 Å². The van der Waals surface area contributed by atoms with Crippen LogP contribution in [0.4, 0.5) is 17.1 Å². The first kappa shape index (κ1) is 23.4. The van der Waals surface area contributed by atoms with E-state index < -0.39 is 6.98 Å². The van der Waals surface area contributed by atoms with Gasteiger partial charge >= 0.3 is 26.4 Å². The largest absolute Gasteiger partial charge is 2.00 e. The second-order valence-corrected chi connectivity index (χ2v) is 10.9. The molecule has 0 saturated carbocycles. The molecule has 4 aromatic carbocycles. The maximum atomic E-state index is 7.96. The fraction of sp³-hybridized carbons (Fsp3) is 0.143. The maximum absolute atomic E-state index is 7.96. The number of fused-ring (bicyclic) bond motifs is 4. The van der Waals surface area contributed by atoms with E-state index in [4.69, 9.17) is 13.8 Å². The van der Waals surface area contributed by atoms with E-state index in [1.165, 1.54) is 10.1 Å². The van der Waals surface area contributed by atoms with Crippen LogP contribution < -0.4 is 9.31 Å². The van der Waals surface area contributed by atoms with Crippen molar-refractivity contribution in [3.05, 3.63) is 115 Å². The molecule has 0 atom stereocenters. The van der Waals surface area contributed by atoms with Gasteiger partial charge < -0.3 is 9.30 Å². The first-order valence-electron chi connectivity index (χ1n) is 14.7. The number of nitrogens with zero attached hydrogens (tertiary/aromatic N) is 4. The van der Waals surface area contributed by atoms with E-state index in [0.29, 0.717) is 28.6 Å². The van der Waals surface area contributed by atoms with Crippen molar-refractivity contribution in [2.45, 2.75) is 26.2 Å². The number of pyridine rings is 1. The van der Waals surface area contributed by atoms with Gasteiger partial charge in [-0.15, -0.1) is 23.6 Å². The van der Waals surface area contributed by atoms with Crippen LogP contribution in [0.5, 0.6) is 11.5 Å². The van der Waals surface area contributed by atoms with Crippen LogP contribution in [0.2, 0.25) is 0 Å². The molecular formula is C35H28N4OPd+2. The summed E-state index contributed by atoms with van der Waals surface area (Å²) in [6, 6.07) is 39.0. The summed E-state index contributed by atoms with van der Waals surface area (Å²) in [6.07, 6.45) is 1.86. The van der Waals surface area contributed by atoms with Gasteiger partial charge in [-0.25, -0.2) is 4.98 Å². The Morgan fingerprint density at radius 2 is 1.63 bits per heavy atom. The van der Waals surface area contributed by atoms with Crippen LogP contribution in [0.1, 0.15) is 30.4 Å². The van der Waals surface area contributed by atoms with E-state index in [-0.39, 0.29) is 25.8 Å². The van der Waals surface area contributed by atoms with Gasteiger partial charge in [0.1, 0.15) is 15.6 Å². The molecule has 0 spiro atoms. The molecule has 5 nitrogen and oxygen atoms in total. The smallest absolute Gasteiger partial charge is 0.509 e. The summed E-state index contributed by atoms with van der Waals surface area (Å²) >= 11 is 0. The van der Waals surface area contributed by atoms with E-state index in [0.717, 1.165) is 27.6 Å². The van der Waals surface area contributed by atoms with E-state index in [2.05, 4.69) is 67.7 Å². The SMILES string of the molecule is [2H]C([2H])([2H])[N+]1=C=[N+](c2[c-]c(Oc3[c-]c4c(cc3)c3ccccc3n4-c3cc(C(C)(C)C)ccn3)ccc2)c2ccccc21.[Pd+2]. The van der Waals surface area contributed by atoms with Gasteiger partial charge in [0.2, 0.25) is 0 Å². The Morgan fingerprint density at radius 3 is 2.46 bits per heavy atom. The molecule has 6 heteroatoms. The normalized spacial score (nSPS) is 14.0. The zero-order valence-electron chi connectivity index (χ0n) is 25.8. The fourth-order valence-corrected chi connectivity index (χ4v) is 5.16. The summed E-state index contributed by atoms with van der Waals surface area (Å²) in [5.41, 5.74) is 4.92. The van der Waals surface area contributed by atoms with Crippen molar-refractivity contribution in [3.63, 3.8) is 0 Å². The molecule has 41 heavy (non-hydrogen) atoms. The van der Waals surface area contributed by atoms with Crippen LogP contribution in [-0.2, 0) is 25.8 Å². The van der Waals surface area contributed by atoms with Crippen molar-refractivity contribution in [1.82, 2.24) is 14.1 Å². The summed E-state index contributed by atoms with van der Waals surface area (Å²) in [5.74, 6) is 1.81. The average Bonchev–Trinajstić information content (AvgIpc) is 3.53. The van der Waals surface area contributed by atoms with Gasteiger partial charge in [-0.05, 0) is 34.6 Å². The molecule has 0 saturated heterocycles. The summed E-state index contributed by atoms with van der Waals surface area (Å²) in [7, 11) is 0. The van der Waals surface area contributed by atoms with E-state index >= 15 is 0 Å². The number of hydrogen-bond acceptors (Lipinski definition) is 2. The topological polar surface area (TPSA) is 33.1 Å². The molecule has 0 radical (unpaired) electrons. The van der Waals surface area contributed by atoms with Crippen molar-refractivity contribution < 1.29 is 33.8 Å². The Bertz CT molecular complexity index is 2140. The number of rotatable bonds is 4. The minimum Gasteiger partial charge on any atom is -0.509 e. The van der Waals surface area contributed by atoms with Crippen molar-refractivity contribution in [2.75, 3.05) is 6.98 Å². The van der Waals surface area contributed by atoms with Crippen LogP contribution >= 0.6 is 0 Å². The van der Waals surface area contributed by atoms with Crippen LogP contribution in [0, 0.1) is 12.1 Å². The summed E-state index contributed by atoms with van der Waals surface area (Å²) in [5, 5.41) is 2.15. The summed E-state index contributed by atoms with van der Waals surface area (Å²) in [6.45, 7) is 4.20. The Morgan fingerprint density at radius 1 is 0.854 bits per heavy atom. The van der Waals surface area contributed by atoms with Gasteiger partial charge in [-0.1, -0.05) is 77.9 Å². The van der Waals surface area contributed by atoms with Crippen LogP contribution in [0.25, 0.3) is 27.6 Å². The van der Waals surface area contributed by atoms with Gasteiger partial charge in [0.15, 0.2) is 6.98 Å². The molecule has 0 amide bonds. The minimum absolute atomic E-state index is 0. The van der Waals surface area contributed by atoms with Gasteiger partial charge in [0, 0.05) is 35.3 Å². The molecule has 3 heterocycles. The quantitative estimate of drug-likeness (QED) is 0.112. The third-order valence-corrected chi connectivity index (χ3v) is 7.17. The Hall–Kier alpha value is -4.33. The van der Waals surface area contributed by atoms with Crippen molar-refractivity contribution in [1.29, 1.82) is 0 Å². The molecule has 0 bridgehead atoms. The Balaban J connectivity index is 0.00000343. The zero-order valence-corrected chi connectivity index (χ0v) is 24.3. The molecule has 0 N–H and O–H groups in total. The number of aromatic nitrogens is 2. The first-order chi connectivity index (χ1) is 20.6. The predicted molar refractivity (Wildman–Crippen MR) is 160 cm³/mol. The van der Waals surface area contributed by atoms with Crippen LogP contribution in [-0.4, -0.2) is 27.1 Å². The van der Waals surface area contributed by atoms with Crippen LogP contribution in [0.15, 0.2) is 97.2 Å². The molecule has 0 aliphatic carbocycles. The van der Waals surface area contributed by atoms with Crippen molar-refractivity contribution >= 4 is 44.9 Å². The fourth-order valence-electron chi connectivity index (χ4n) is 5.16. The second-order valence-electron chi connectivity index (χ2n) is 10.9. The van der Waals surface area contributed by atoms with Gasteiger partial charge in [0.25, 0.3) is 11.4 Å². The second kappa shape index (κ2) is 10.3. The minimum atomic E-state index is -2.37. The molecule has 7 rings (SSSR count). The first-order valence-corrected chi connectivity index (χ1v) is 13.2. The van der Waals surface area contributed by atoms with Crippen molar-refractivity contribution in [2.24, 2.45) is 0 Å². The van der Waals surface area contributed by atoms with Gasteiger partial charge in [-0.3, -0.25) is 0 Å². The summed E-state index contributed by atoms with van der Waals surface area (Å²) in [4.78, 5) is 4.75.